The van der Waals surface area contributed by atoms with Crippen molar-refractivity contribution in [3.63, 3.8) is 0 Å². The summed E-state index contributed by atoms with van der Waals surface area (Å²) in [5, 5.41) is 7.10. The number of aromatic nitrogens is 3. The predicted octanol–water partition coefficient (Wildman–Crippen LogP) is 7.33. The highest BCUT2D eigenvalue weighted by Gasteiger charge is 2.31. The minimum Gasteiger partial charge on any atom is -0.406 e. The van der Waals surface area contributed by atoms with Crippen LogP contribution in [-0.4, -0.2) is 21.1 Å². The second-order valence-electron chi connectivity index (χ2n) is 9.19. The van der Waals surface area contributed by atoms with Crippen LogP contribution in [0, 0.1) is 11.8 Å². The summed E-state index contributed by atoms with van der Waals surface area (Å²) in [6.45, 7) is 4.55. The van der Waals surface area contributed by atoms with Crippen LogP contribution in [0.25, 0.3) is 22.2 Å². The number of anilines is 2. The summed E-state index contributed by atoms with van der Waals surface area (Å²) < 4.78 is 48.7. The molecule has 1 aliphatic rings. The maximum Gasteiger partial charge on any atom is 0.573 e. The average molecular weight is 470 g/mol. The smallest absolute Gasteiger partial charge is 0.406 e. The van der Waals surface area contributed by atoms with Gasteiger partial charge < -0.3 is 19.1 Å². The van der Waals surface area contributed by atoms with Gasteiger partial charge in [0.15, 0.2) is 0 Å². The molecule has 2 aromatic heterocycles. The summed E-state index contributed by atoms with van der Waals surface area (Å²) in [5.74, 6) is 1.58. The SMILES string of the molecule is CC1CC(C)CC(n2c(Nc3ccc(OC(F)(F)F)cc3)nc3cc(-c4cnoc4)ccc32)C1. The molecule has 9 heteroatoms. The minimum absolute atomic E-state index is 0.264. The number of imidazole rings is 1. The van der Waals surface area contributed by atoms with E-state index in [-0.39, 0.29) is 11.8 Å². The molecule has 4 aromatic rings. The number of nitrogens with one attached hydrogen (secondary N) is 1. The van der Waals surface area contributed by atoms with E-state index in [2.05, 4.69) is 39.7 Å². The number of benzene rings is 2. The van der Waals surface area contributed by atoms with Crippen molar-refractivity contribution in [3.8, 4) is 16.9 Å². The molecule has 0 amide bonds. The number of alkyl halides is 3. The molecule has 0 saturated heterocycles. The molecule has 0 bridgehead atoms. The molecule has 2 aromatic carbocycles. The third-order valence-corrected chi connectivity index (χ3v) is 6.32. The lowest BCUT2D eigenvalue weighted by Crippen LogP contribution is -2.23. The molecule has 5 rings (SSSR count). The first-order valence-electron chi connectivity index (χ1n) is 11.3. The zero-order chi connectivity index (χ0) is 23.9. The van der Waals surface area contributed by atoms with Gasteiger partial charge in [-0.15, -0.1) is 13.2 Å². The zero-order valence-electron chi connectivity index (χ0n) is 18.8. The quantitative estimate of drug-likeness (QED) is 0.331. The van der Waals surface area contributed by atoms with E-state index in [1.54, 1.807) is 24.6 Å². The minimum atomic E-state index is -4.72. The fraction of sp³-hybridized carbons (Fsp3) is 0.360. The van der Waals surface area contributed by atoms with E-state index in [1.165, 1.54) is 18.6 Å². The Kier molecular flexibility index (Phi) is 5.71. The van der Waals surface area contributed by atoms with Gasteiger partial charge in [-0.25, -0.2) is 4.98 Å². The maximum atomic E-state index is 12.5. The molecule has 0 radical (unpaired) electrons. The highest BCUT2D eigenvalue weighted by Crippen LogP contribution is 2.40. The van der Waals surface area contributed by atoms with E-state index in [0.29, 0.717) is 23.5 Å². The second kappa shape index (κ2) is 8.70. The Hall–Kier alpha value is -3.49. The molecular weight excluding hydrogens is 445 g/mol. The Labute approximate surface area is 194 Å². The number of nitrogens with zero attached hydrogens (tertiary/aromatic N) is 3. The van der Waals surface area contributed by atoms with Gasteiger partial charge in [0.2, 0.25) is 5.95 Å². The second-order valence-corrected chi connectivity index (χ2v) is 9.19. The summed E-state index contributed by atoms with van der Waals surface area (Å²) in [6.07, 6.45) is 1.80. The summed E-state index contributed by atoms with van der Waals surface area (Å²) in [4.78, 5) is 4.88. The molecule has 2 heterocycles. The molecule has 2 unspecified atom stereocenters. The third-order valence-electron chi connectivity index (χ3n) is 6.32. The monoisotopic (exact) mass is 470 g/mol. The lowest BCUT2D eigenvalue weighted by molar-refractivity contribution is -0.274. The highest BCUT2D eigenvalue weighted by molar-refractivity contribution is 5.85. The van der Waals surface area contributed by atoms with E-state index in [4.69, 9.17) is 9.51 Å². The van der Waals surface area contributed by atoms with Crippen molar-refractivity contribution in [1.29, 1.82) is 0 Å². The normalized spacial score (nSPS) is 21.0. The third kappa shape index (κ3) is 4.73. The number of hydrogen-bond donors (Lipinski definition) is 1. The van der Waals surface area contributed by atoms with E-state index in [0.717, 1.165) is 35.0 Å². The van der Waals surface area contributed by atoms with Crippen molar-refractivity contribution in [2.45, 2.75) is 45.5 Å². The number of ether oxygens (including phenoxy) is 1. The molecule has 1 fully saturated rings. The van der Waals surface area contributed by atoms with Gasteiger partial charge in [-0.1, -0.05) is 25.1 Å². The van der Waals surface area contributed by atoms with E-state index in [1.807, 2.05) is 12.1 Å². The standard InChI is InChI=1S/C25H25F3N4O2/c1-15-9-16(2)11-20(10-15)32-23-8-3-17(18-13-29-33-14-18)12-22(23)31-24(32)30-19-4-6-21(7-5-19)34-25(26,27)28/h3-8,12-16,20H,9-11H2,1-2H3,(H,30,31). The highest BCUT2D eigenvalue weighted by atomic mass is 19.4. The van der Waals surface area contributed by atoms with Crippen molar-refractivity contribution in [2.75, 3.05) is 5.32 Å². The van der Waals surface area contributed by atoms with Crippen LogP contribution < -0.4 is 10.1 Å². The number of hydrogen-bond acceptors (Lipinski definition) is 5. The molecule has 1 saturated carbocycles. The van der Waals surface area contributed by atoms with Crippen LogP contribution in [0.4, 0.5) is 24.8 Å². The summed E-state index contributed by atoms with van der Waals surface area (Å²) in [5.41, 5.74) is 4.27. The summed E-state index contributed by atoms with van der Waals surface area (Å²) in [7, 11) is 0. The van der Waals surface area contributed by atoms with Gasteiger partial charge in [-0.3, -0.25) is 0 Å². The van der Waals surface area contributed by atoms with Crippen molar-refractivity contribution in [1.82, 2.24) is 14.7 Å². The van der Waals surface area contributed by atoms with Crippen molar-refractivity contribution in [2.24, 2.45) is 11.8 Å². The Morgan fingerprint density at radius 3 is 2.38 bits per heavy atom. The number of halogens is 3. The van der Waals surface area contributed by atoms with E-state index >= 15 is 0 Å². The van der Waals surface area contributed by atoms with Crippen LogP contribution in [0.2, 0.25) is 0 Å². The van der Waals surface area contributed by atoms with Gasteiger partial charge in [0.25, 0.3) is 0 Å². The van der Waals surface area contributed by atoms with Crippen molar-refractivity contribution >= 4 is 22.7 Å². The van der Waals surface area contributed by atoms with Gasteiger partial charge in [0.1, 0.15) is 12.0 Å². The van der Waals surface area contributed by atoms with Gasteiger partial charge in [0, 0.05) is 17.3 Å². The Morgan fingerprint density at radius 1 is 1.00 bits per heavy atom. The maximum absolute atomic E-state index is 12.5. The topological polar surface area (TPSA) is 65.1 Å². The van der Waals surface area contributed by atoms with Gasteiger partial charge in [-0.05, 0) is 73.1 Å². The zero-order valence-corrected chi connectivity index (χ0v) is 18.8. The summed E-state index contributed by atoms with van der Waals surface area (Å²) in [6, 6.07) is 12.0. The fourth-order valence-electron chi connectivity index (χ4n) is 5.07. The van der Waals surface area contributed by atoms with Crippen LogP contribution in [0.3, 0.4) is 0 Å². The molecule has 0 spiro atoms. The number of rotatable bonds is 5. The lowest BCUT2D eigenvalue weighted by Gasteiger charge is -2.33. The fourth-order valence-corrected chi connectivity index (χ4v) is 5.07. The van der Waals surface area contributed by atoms with Crippen molar-refractivity contribution < 1.29 is 22.4 Å². The Bertz CT molecular complexity index is 1260. The van der Waals surface area contributed by atoms with Crippen LogP contribution in [0.15, 0.2) is 59.4 Å². The largest absolute Gasteiger partial charge is 0.573 e. The van der Waals surface area contributed by atoms with Crippen molar-refractivity contribution in [3.05, 3.63) is 54.9 Å². The van der Waals surface area contributed by atoms with Crippen LogP contribution in [0.5, 0.6) is 5.75 Å². The molecule has 1 aliphatic carbocycles. The molecule has 0 aliphatic heterocycles. The van der Waals surface area contributed by atoms with E-state index in [9.17, 15) is 13.2 Å². The Morgan fingerprint density at radius 2 is 1.74 bits per heavy atom. The molecule has 1 N–H and O–H groups in total. The summed E-state index contributed by atoms with van der Waals surface area (Å²) >= 11 is 0. The van der Waals surface area contributed by atoms with Gasteiger partial charge >= 0.3 is 6.36 Å². The van der Waals surface area contributed by atoms with Gasteiger partial charge in [-0.2, -0.15) is 0 Å². The molecule has 2 atom stereocenters. The number of fused-ring (bicyclic) bond motifs is 1. The van der Waals surface area contributed by atoms with Crippen LogP contribution in [-0.2, 0) is 0 Å². The van der Waals surface area contributed by atoms with Crippen LogP contribution in [0.1, 0.15) is 39.2 Å². The van der Waals surface area contributed by atoms with Crippen LogP contribution >= 0.6 is 0 Å². The lowest BCUT2D eigenvalue weighted by atomic mass is 9.80. The molecule has 34 heavy (non-hydrogen) atoms. The average Bonchev–Trinajstić information content (AvgIpc) is 3.40. The Balaban J connectivity index is 1.52. The first-order chi connectivity index (χ1) is 16.2. The molecule has 6 nitrogen and oxygen atoms in total. The first kappa shape index (κ1) is 22.3. The molecular formula is C25H25F3N4O2. The van der Waals surface area contributed by atoms with Gasteiger partial charge in [0.05, 0.1) is 17.2 Å². The van der Waals surface area contributed by atoms with E-state index < -0.39 is 6.36 Å². The first-order valence-corrected chi connectivity index (χ1v) is 11.3. The molecule has 178 valence electrons. The predicted molar refractivity (Wildman–Crippen MR) is 123 cm³/mol.